The summed E-state index contributed by atoms with van der Waals surface area (Å²) in [5, 5.41) is 6.46. The van der Waals surface area contributed by atoms with Gasteiger partial charge < -0.3 is 20.4 Å². The van der Waals surface area contributed by atoms with E-state index in [0.717, 1.165) is 30.9 Å². The number of benzene rings is 1. The number of thiocarbonyl (C=S) groups is 1. The molecule has 1 aromatic carbocycles. The molecule has 0 saturated carbocycles. The van der Waals surface area contributed by atoms with Crippen LogP contribution in [0.25, 0.3) is 0 Å². The molecule has 2 amide bonds. The Labute approximate surface area is 158 Å². The summed E-state index contributed by atoms with van der Waals surface area (Å²) in [6, 6.07) is 5.58. The normalized spacial score (nSPS) is 14.2. The van der Waals surface area contributed by atoms with Crippen LogP contribution in [-0.4, -0.2) is 48.0 Å². The number of nitrogens with zero attached hydrogens (tertiary/aromatic N) is 2. The van der Waals surface area contributed by atoms with Crippen LogP contribution in [0.5, 0.6) is 0 Å². The molecule has 0 radical (unpaired) electrons. The van der Waals surface area contributed by atoms with Crippen molar-refractivity contribution in [1.82, 2.24) is 10.2 Å². The molecule has 1 fully saturated rings. The number of carbonyl (C=O) groups excluding carboxylic acids is 2. The zero-order valence-corrected chi connectivity index (χ0v) is 16.0. The highest BCUT2D eigenvalue weighted by Gasteiger charge is 2.20. The van der Waals surface area contributed by atoms with Gasteiger partial charge in [0.1, 0.15) is 0 Å². The maximum Gasteiger partial charge on any atom is 0.226 e. The van der Waals surface area contributed by atoms with Crippen LogP contribution < -0.4 is 15.5 Å². The van der Waals surface area contributed by atoms with E-state index in [0.29, 0.717) is 24.5 Å². The number of hydrogen-bond donors (Lipinski definition) is 2. The van der Waals surface area contributed by atoms with Gasteiger partial charge in [-0.3, -0.25) is 9.59 Å². The Hall–Kier alpha value is -1.86. The molecule has 0 atom stereocenters. The Morgan fingerprint density at radius 2 is 1.92 bits per heavy atom. The van der Waals surface area contributed by atoms with Crippen molar-refractivity contribution in [2.45, 2.75) is 26.7 Å². The minimum absolute atomic E-state index is 0.101. The number of halogens is 1. The standard InChI is InChI=1S/C17H23ClN4O2S/c1-3-4-16(24)20-17(25)19-13-5-6-15(14(18)11-13)22-9-7-21(8-10-22)12(2)23/h5-6,11H,3-4,7-10H2,1-2H3,(H2,19,20,24,25). The summed E-state index contributed by atoms with van der Waals surface area (Å²) >= 11 is 11.5. The predicted molar refractivity (Wildman–Crippen MR) is 105 cm³/mol. The molecule has 0 aliphatic carbocycles. The van der Waals surface area contributed by atoms with Crippen molar-refractivity contribution >= 4 is 52.1 Å². The molecule has 1 aliphatic heterocycles. The van der Waals surface area contributed by atoms with E-state index >= 15 is 0 Å². The van der Waals surface area contributed by atoms with Crippen molar-refractivity contribution < 1.29 is 9.59 Å². The molecule has 1 saturated heterocycles. The van der Waals surface area contributed by atoms with Crippen molar-refractivity contribution in [2.24, 2.45) is 0 Å². The average molecular weight is 383 g/mol. The van der Waals surface area contributed by atoms with Gasteiger partial charge in [0.25, 0.3) is 0 Å². The van der Waals surface area contributed by atoms with Crippen LogP contribution in [0.4, 0.5) is 11.4 Å². The fourth-order valence-electron chi connectivity index (χ4n) is 2.68. The SMILES string of the molecule is CCCC(=O)NC(=S)Nc1ccc(N2CCN(C(C)=O)CC2)c(Cl)c1. The summed E-state index contributed by atoms with van der Waals surface area (Å²) in [7, 11) is 0. The first-order valence-corrected chi connectivity index (χ1v) is 9.10. The second kappa shape index (κ2) is 9.01. The Morgan fingerprint density at radius 3 is 2.48 bits per heavy atom. The quantitative estimate of drug-likeness (QED) is 0.784. The highest BCUT2D eigenvalue weighted by Crippen LogP contribution is 2.29. The van der Waals surface area contributed by atoms with E-state index in [-0.39, 0.29) is 16.9 Å². The zero-order chi connectivity index (χ0) is 18.4. The third-order valence-corrected chi connectivity index (χ3v) is 4.51. The van der Waals surface area contributed by atoms with Gasteiger partial charge in [-0.15, -0.1) is 0 Å². The van der Waals surface area contributed by atoms with Gasteiger partial charge in [-0.05, 0) is 36.8 Å². The van der Waals surface area contributed by atoms with Gasteiger partial charge in [0, 0.05) is 45.2 Å². The van der Waals surface area contributed by atoms with E-state index in [1.807, 2.05) is 24.0 Å². The lowest BCUT2D eigenvalue weighted by atomic mass is 10.2. The summed E-state index contributed by atoms with van der Waals surface area (Å²) < 4.78 is 0. The van der Waals surface area contributed by atoms with E-state index in [2.05, 4.69) is 15.5 Å². The third kappa shape index (κ3) is 5.57. The largest absolute Gasteiger partial charge is 0.367 e. The molecule has 0 bridgehead atoms. The molecule has 2 N–H and O–H groups in total. The van der Waals surface area contributed by atoms with Gasteiger partial charge in [0.15, 0.2) is 5.11 Å². The number of nitrogens with one attached hydrogen (secondary N) is 2. The Balaban J connectivity index is 1.95. The van der Waals surface area contributed by atoms with Crippen LogP contribution in [0.2, 0.25) is 5.02 Å². The summed E-state index contributed by atoms with van der Waals surface area (Å²) in [6.45, 7) is 6.41. The van der Waals surface area contributed by atoms with Gasteiger partial charge >= 0.3 is 0 Å². The summed E-state index contributed by atoms with van der Waals surface area (Å²) in [5.41, 5.74) is 1.65. The summed E-state index contributed by atoms with van der Waals surface area (Å²) in [5.74, 6) is -0.00464. The molecule has 0 spiro atoms. The molecular weight excluding hydrogens is 360 g/mol. The fourth-order valence-corrected chi connectivity index (χ4v) is 3.21. The van der Waals surface area contributed by atoms with Crippen molar-refractivity contribution in [3.8, 4) is 0 Å². The molecule has 2 rings (SSSR count). The number of rotatable bonds is 4. The fraction of sp³-hybridized carbons (Fsp3) is 0.471. The van der Waals surface area contributed by atoms with Gasteiger partial charge in [-0.1, -0.05) is 18.5 Å². The molecule has 25 heavy (non-hydrogen) atoms. The van der Waals surface area contributed by atoms with E-state index in [9.17, 15) is 9.59 Å². The smallest absolute Gasteiger partial charge is 0.226 e. The molecule has 1 aromatic rings. The van der Waals surface area contributed by atoms with Crippen LogP contribution in [0.15, 0.2) is 18.2 Å². The van der Waals surface area contributed by atoms with Crippen LogP contribution in [0.1, 0.15) is 26.7 Å². The third-order valence-electron chi connectivity index (χ3n) is 4.00. The number of carbonyl (C=O) groups is 2. The highest BCUT2D eigenvalue weighted by molar-refractivity contribution is 7.80. The highest BCUT2D eigenvalue weighted by atomic mass is 35.5. The molecule has 6 nitrogen and oxygen atoms in total. The monoisotopic (exact) mass is 382 g/mol. The van der Waals surface area contributed by atoms with Gasteiger partial charge in [-0.2, -0.15) is 0 Å². The second-order valence-corrected chi connectivity index (χ2v) is 6.73. The Kier molecular flexibility index (Phi) is 7.01. The van der Waals surface area contributed by atoms with Gasteiger partial charge in [0.2, 0.25) is 11.8 Å². The van der Waals surface area contributed by atoms with E-state index < -0.39 is 0 Å². The Morgan fingerprint density at radius 1 is 1.24 bits per heavy atom. The van der Waals surface area contributed by atoms with E-state index in [1.165, 1.54) is 0 Å². The molecule has 8 heteroatoms. The molecule has 0 aromatic heterocycles. The van der Waals surface area contributed by atoms with Gasteiger partial charge in [0.05, 0.1) is 10.7 Å². The molecular formula is C17H23ClN4O2S. The zero-order valence-electron chi connectivity index (χ0n) is 14.5. The molecule has 1 aliphatic rings. The minimum atomic E-state index is -0.106. The number of hydrogen-bond acceptors (Lipinski definition) is 4. The predicted octanol–water partition coefficient (Wildman–Crippen LogP) is 2.62. The maximum absolute atomic E-state index is 11.5. The first-order chi connectivity index (χ1) is 11.9. The van der Waals surface area contributed by atoms with Crippen molar-refractivity contribution in [1.29, 1.82) is 0 Å². The van der Waals surface area contributed by atoms with Crippen LogP contribution >= 0.6 is 23.8 Å². The van der Waals surface area contributed by atoms with E-state index in [4.69, 9.17) is 23.8 Å². The van der Waals surface area contributed by atoms with Crippen molar-refractivity contribution in [3.63, 3.8) is 0 Å². The molecule has 1 heterocycles. The summed E-state index contributed by atoms with van der Waals surface area (Å²) in [4.78, 5) is 26.9. The first-order valence-electron chi connectivity index (χ1n) is 8.31. The first kappa shape index (κ1) is 19.5. The van der Waals surface area contributed by atoms with Crippen LogP contribution in [-0.2, 0) is 9.59 Å². The van der Waals surface area contributed by atoms with Crippen molar-refractivity contribution in [3.05, 3.63) is 23.2 Å². The molecule has 0 unspecified atom stereocenters. The van der Waals surface area contributed by atoms with Gasteiger partial charge in [-0.25, -0.2) is 0 Å². The lowest BCUT2D eigenvalue weighted by molar-refractivity contribution is -0.129. The second-order valence-electron chi connectivity index (χ2n) is 5.91. The molecule has 136 valence electrons. The number of amides is 2. The Bertz CT molecular complexity index is 660. The maximum atomic E-state index is 11.5. The van der Waals surface area contributed by atoms with Crippen molar-refractivity contribution in [2.75, 3.05) is 36.4 Å². The number of piperazine rings is 1. The van der Waals surface area contributed by atoms with Crippen LogP contribution in [0.3, 0.4) is 0 Å². The van der Waals surface area contributed by atoms with E-state index in [1.54, 1.807) is 13.0 Å². The topological polar surface area (TPSA) is 64.7 Å². The average Bonchev–Trinajstić information content (AvgIpc) is 2.55. The minimum Gasteiger partial charge on any atom is -0.367 e. The van der Waals surface area contributed by atoms with Crippen LogP contribution in [0, 0.1) is 0 Å². The lowest BCUT2D eigenvalue weighted by Gasteiger charge is -2.36. The summed E-state index contributed by atoms with van der Waals surface area (Å²) in [6.07, 6.45) is 1.21. The lowest BCUT2D eigenvalue weighted by Crippen LogP contribution is -2.48. The number of anilines is 2.